The lowest BCUT2D eigenvalue weighted by molar-refractivity contribution is 0.122. The highest BCUT2D eigenvalue weighted by Crippen LogP contribution is 2.34. The van der Waals surface area contributed by atoms with Gasteiger partial charge in [-0.1, -0.05) is 0 Å². The van der Waals surface area contributed by atoms with Crippen molar-refractivity contribution in [3.8, 4) is 22.5 Å². The number of benzene rings is 2. The number of aromatic amines is 1. The van der Waals surface area contributed by atoms with Gasteiger partial charge in [-0.05, 0) is 42.5 Å². The normalized spacial score (nSPS) is 13.5. The van der Waals surface area contributed by atoms with Crippen LogP contribution in [0.1, 0.15) is 0 Å². The highest BCUT2D eigenvalue weighted by atomic mass is 19.1. The standard InChI is InChI=1S/C25H21F3N6O2/c26-17-2-4-20(19(28)14-17)30-25(35)31-21-13-16(1-3-18(21)27)23-22(15-5-7-29-8-6-15)32-24(33-23)34-9-11-36-12-10-34/h1-8,13-14H,9-12H2,(H,32,33)(H2,30,31,35). The number of H-pyrrole nitrogens is 1. The van der Waals surface area contributed by atoms with E-state index in [9.17, 15) is 18.0 Å². The summed E-state index contributed by atoms with van der Waals surface area (Å²) in [6.45, 7) is 2.49. The molecule has 11 heteroatoms. The largest absolute Gasteiger partial charge is 0.378 e. The lowest BCUT2D eigenvalue weighted by atomic mass is 10.1. The summed E-state index contributed by atoms with van der Waals surface area (Å²) in [5.41, 5.74) is 2.25. The Morgan fingerprint density at radius 3 is 2.39 bits per heavy atom. The summed E-state index contributed by atoms with van der Waals surface area (Å²) >= 11 is 0. The van der Waals surface area contributed by atoms with E-state index in [0.29, 0.717) is 55.3 Å². The van der Waals surface area contributed by atoms with E-state index in [2.05, 4.69) is 25.5 Å². The zero-order chi connectivity index (χ0) is 25.1. The minimum Gasteiger partial charge on any atom is -0.378 e. The van der Waals surface area contributed by atoms with Crippen LogP contribution in [0, 0.1) is 17.5 Å². The average molecular weight is 494 g/mol. The molecule has 184 valence electrons. The molecule has 8 nitrogen and oxygen atoms in total. The van der Waals surface area contributed by atoms with Crippen molar-refractivity contribution in [2.24, 2.45) is 0 Å². The molecule has 0 saturated carbocycles. The first-order valence-electron chi connectivity index (χ1n) is 11.1. The van der Waals surface area contributed by atoms with Crippen molar-refractivity contribution in [1.82, 2.24) is 15.0 Å². The van der Waals surface area contributed by atoms with Gasteiger partial charge in [0.05, 0.1) is 36.0 Å². The molecule has 0 atom stereocenters. The molecule has 1 saturated heterocycles. The molecule has 1 aliphatic heterocycles. The molecule has 1 aliphatic rings. The average Bonchev–Trinajstić information content (AvgIpc) is 3.34. The highest BCUT2D eigenvalue weighted by Gasteiger charge is 2.21. The molecule has 36 heavy (non-hydrogen) atoms. The Kier molecular flexibility index (Phi) is 6.54. The van der Waals surface area contributed by atoms with Gasteiger partial charge in [-0.3, -0.25) is 4.98 Å². The van der Waals surface area contributed by atoms with E-state index in [1.807, 2.05) is 12.1 Å². The third kappa shape index (κ3) is 5.01. The summed E-state index contributed by atoms with van der Waals surface area (Å²) in [5, 5.41) is 4.63. The first-order chi connectivity index (χ1) is 17.5. The molecular weight excluding hydrogens is 473 g/mol. The number of carbonyl (C=O) groups is 1. The first-order valence-corrected chi connectivity index (χ1v) is 11.1. The van der Waals surface area contributed by atoms with Crippen molar-refractivity contribution in [3.63, 3.8) is 0 Å². The van der Waals surface area contributed by atoms with E-state index in [4.69, 9.17) is 9.72 Å². The Balaban J connectivity index is 1.46. The summed E-state index contributed by atoms with van der Waals surface area (Å²) in [6, 6.07) is 9.70. The second kappa shape index (κ2) is 10.1. The Hall–Kier alpha value is -4.38. The van der Waals surface area contributed by atoms with Crippen LogP contribution in [0.5, 0.6) is 0 Å². The molecule has 3 N–H and O–H groups in total. The number of hydrogen-bond donors (Lipinski definition) is 3. The van der Waals surface area contributed by atoms with Crippen LogP contribution in [0.2, 0.25) is 0 Å². The smallest absolute Gasteiger partial charge is 0.323 e. The number of imidazole rings is 1. The minimum atomic E-state index is -0.950. The molecule has 0 unspecified atom stereocenters. The predicted molar refractivity (Wildman–Crippen MR) is 129 cm³/mol. The molecule has 0 aliphatic carbocycles. The van der Waals surface area contributed by atoms with E-state index in [1.165, 1.54) is 12.1 Å². The van der Waals surface area contributed by atoms with Crippen molar-refractivity contribution < 1.29 is 22.7 Å². The van der Waals surface area contributed by atoms with Crippen molar-refractivity contribution in [3.05, 3.63) is 78.4 Å². The lowest BCUT2D eigenvalue weighted by Crippen LogP contribution is -2.36. The van der Waals surface area contributed by atoms with Gasteiger partial charge in [-0.2, -0.15) is 0 Å². The first kappa shape index (κ1) is 23.4. The highest BCUT2D eigenvalue weighted by molar-refractivity contribution is 6.00. The van der Waals surface area contributed by atoms with Crippen LogP contribution in [-0.4, -0.2) is 47.3 Å². The predicted octanol–water partition coefficient (Wildman–Crippen LogP) is 5.04. The molecule has 5 rings (SSSR count). The molecule has 2 aromatic carbocycles. The number of halogens is 3. The summed E-state index contributed by atoms with van der Waals surface area (Å²) in [6.07, 6.45) is 3.32. The number of ether oxygens (including phenoxy) is 1. The van der Waals surface area contributed by atoms with Crippen molar-refractivity contribution in [1.29, 1.82) is 0 Å². The Bertz CT molecular complexity index is 1390. The molecule has 1 fully saturated rings. The number of anilines is 3. The van der Waals surface area contributed by atoms with Crippen LogP contribution in [0.15, 0.2) is 60.9 Å². The zero-order valence-corrected chi connectivity index (χ0v) is 18.9. The number of urea groups is 1. The fourth-order valence-electron chi connectivity index (χ4n) is 3.86. The van der Waals surface area contributed by atoms with Gasteiger partial charge in [0.15, 0.2) is 0 Å². The fourth-order valence-corrected chi connectivity index (χ4v) is 3.86. The van der Waals surface area contributed by atoms with Crippen molar-refractivity contribution in [2.75, 3.05) is 41.8 Å². The molecule has 3 heterocycles. The Morgan fingerprint density at radius 1 is 0.889 bits per heavy atom. The lowest BCUT2D eigenvalue weighted by Gasteiger charge is -2.26. The maximum absolute atomic E-state index is 14.6. The number of nitrogens with one attached hydrogen (secondary N) is 3. The van der Waals surface area contributed by atoms with Gasteiger partial charge in [0.2, 0.25) is 5.95 Å². The van der Waals surface area contributed by atoms with E-state index in [0.717, 1.165) is 17.7 Å². The topological polar surface area (TPSA) is 95.2 Å². The molecule has 0 radical (unpaired) electrons. The second-order valence-corrected chi connectivity index (χ2v) is 8.02. The number of carbonyl (C=O) groups excluding carboxylic acids is 1. The molecule has 2 amide bonds. The zero-order valence-electron chi connectivity index (χ0n) is 18.9. The summed E-state index contributed by atoms with van der Waals surface area (Å²) in [7, 11) is 0. The fraction of sp³-hybridized carbons (Fsp3) is 0.160. The molecular formula is C25H21F3N6O2. The van der Waals surface area contributed by atoms with Crippen LogP contribution in [0.4, 0.5) is 35.3 Å². The van der Waals surface area contributed by atoms with Gasteiger partial charge >= 0.3 is 6.03 Å². The van der Waals surface area contributed by atoms with Crippen LogP contribution in [0.3, 0.4) is 0 Å². The van der Waals surface area contributed by atoms with Crippen LogP contribution in [-0.2, 0) is 4.74 Å². The monoisotopic (exact) mass is 494 g/mol. The maximum atomic E-state index is 14.6. The number of morpholine rings is 1. The number of aromatic nitrogens is 3. The summed E-state index contributed by atoms with van der Waals surface area (Å²) in [5.74, 6) is -1.78. The van der Waals surface area contributed by atoms with Gasteiger partial charge < -0.3 is 25.3 Å². The number of amides is 2. The Morgan fingerprint density at radius 2 is 1.64 bits per heavy atom. The van der Waals surface area contributed by atoms with Crippen LogP contribution in [0.25, 0.3) is 22.5 Å². The van der Waals surface area contributed by atoms with Gasteiger partial charge in [0.25, 0.3) is 0 Å². The molecule has 2 aromatic heterocycles. The van der Waals surface area contributed by atoms with Crippen molar-refractivity contribution >= 4 is 23.4 Å². The van der Waals surface area contributed by atoms with Gasteiger partial charge in [0.1, 0.15) is 17.5 Å². The molecule has 4 aromatic rings. The number of rotatable bonds is 5. The molecule has 0 bridgehead atoms. The quantitative estimate of drug-likeness (QED) is 0.362. The third-order valence-electron chi connectivity index (χ3n) is 5.64. The number of pyridine rings is 1. The van der Waals surface area contributed by atoms with Gasteiger partial charge in [0, 0.05) is 42.7 Å². The third-order valence-corrected chi connectivity index (χ3v) is 5.64. The number of hydrogen-bond acceptors (Lipinski definition) is 5. The SMILES string of the molecule is O=C(Nc1ccc(F)cc1F)Nc1cc(-c2nc(N3CCOCC3)[nH]c2-c2ccncc2)ccc1F. The van der Waals surface area contributed by atoms with E-state index in [1.54, 1.807) is 18.5 Å². The van der Waals surface area contributed by atoms with E-state index < -0.39 is 23.5 Å². The van der Waals surface area contributed by atoms with Crippen molar-refractivity contribution in [2.45, 2.75) is 0 Å². The summed E-state index contributed by atoms with van der Waals surface area (Å²) < 4.78 is 47.1. The second-order valence-electron chi connectivity index (χ2n) is 8.02. The summed E-state index contributed by atoms with van der Waals surface area (Å²) in [4.78, 5) is 26.7. The Labute approximate surface area is 204 Å². The van der Waals surface area contributed by atoms with Gasteiger partial charge in [-0.15, -0.1) is 0 Å². The minimum absolute atomic E-state index is 0.135. The van der Waals surface area contributed by atoms with Gasteiger partial charge in [-0.25, -0.2) is 22.9 Å². The van der Waals surface area contributed by atoms with Crippen LogP contribution >= 0.6 is 0 Å². The maximum Gasteiger partial charge on any atom is 0.323 e. The molecule has 0 spiro atoms. The number of nitrogens with zero attached hydrogens (tertiary/aromatic N) is 3. The van der Waals surface area contributed by atoms with E-state index >= 15 is 0 Å². The van der Waals surface area contributed by atoms with Crippen LogP contribution < -0.4 is 15.5 Å². The van der Waals surface area contributed by atoms with E-state index in [-0.39, 0.29) is 11.4 Å².